The Balaban J connectivity index is 1.55. The first kappa shape index (κ1) is 20.5. The average molecular weight is 459 g/mol. The average Bonchev–Trinajstić information content (AvgIpc) is 3.07. The first-order valence-corrected chi connectivity index (χ1v) is 12.8. The molecule has 1 saturated carbocycles. The predicted molar refractivity (Wildman–Crippen MR) is 120 cm³/mol. The number of carbonyl (C=O) groups excluding carboxylic acids is 1. The zero-order valence-corrected chi connectivity index (χ0v) is 18.5. The second kappa shape index (κ2) is 7.35. The number of ether oxygens (including phenoxy) is 1. The van der Waals surface area contributed by atoms with E-state index in [4.69, 9.17) is 15.4 Å². The molecular weight excluding hydrogens is 436 g/mol. The van der Waals surface area contributed by atoms with Crippen LogP contribution in [-0.2, 0) is 25.8 Å². The van der Waals surface area contributed by atoms with Crippen LogP contribution in [0.3, 0.4) is 0 Å². The van der Waals surface area contributed by atoms with Gasteiger partial charge in [-0.05, 0) is 67.5 Å². The van der Waals surface area contributed by atoms with Crippen LogP contribution in [0.25, 0.3) is 0 Å². The van der Waals surface area contributed by atoms with Crippen LogP contribution in [0, 0.1) is 0 Å². The van der Waals surface area contributed by atoms with Gasteiger partial charge in [0.25, 0.3) is 5.91 Å². The molecule has 1 saturated heterocycles. The molecule has 3 aliphatic rings. The highest BCUT2D eigenvalue weighted by Gasteiger charge is 2.63. The van der Waals surface area contributed by atoms with Crippen LogP contribution >= 0.6 is 10.7 Å². The Kier molecular flexibility index (Phi) is 4.86. The Hall–Kier alpha value is -2.38. The summed E-state index contributed by atoms with van der Waals surface area (Å²) < 4.78 is 33.2. The summed E-state index contributed by atoms with van der Waals surface area (Å²) in [5.74, 6) is 0.0328. The lowest BCUT2D eigenvalue weighted by molar-refractivity contribution is -0.0324. The predicted octanol–water partition coefficient (Wildman–Crippen LogP) is 4.74. The van der Waals surface area contributed by atoms with Gasteiger partial charge in [0, 0.05) is 33.8 Å². The summed E-state index contributed by atoms with van der Waals surface area (Å²) in [5, 5.41) is 3.00. The molecule has 1 aliphatic heterocycles. The first-order chi connectivity index (χ1) is 14.8. The molecule has 2 aromatic rings. The fraction of sp³-hybridized carbons (Fsp3) is 0.391. The van der Waals surface area contributed by atoms with Crippen LogP contribution in [0.4, 0.5) is 5.69 Å². The Morgan fingerprint density at radius 1 is 1.06 bits per heavy atom. The number of hydrogen-bond donors (Lipinski definition) is 1. The first-order valence-electron chi connectivity index (χ1n) is 10.5. The molecular formula is C23H23ClN2O4S. The lowest BCUT2D eigenvalue weighted by Crippen LogP contribution is -2.53. The molecule has 2 aliphatic carbocycles. The minimum Gasteiger partial charge on any atom is -0.473 e. The largest absolute Gasteiger partial charge is 0.473 e. The summed E-state index contributed by atoms with van der Waals surface area (Å²) in [5.41, 5.74) is 2.83. The number of carbonyl (C=O) groups is 1. The Bertz CT molecular complexity index is 1180. The summed E-state index contributed by atoms with van der Waals surface area (Å²) >= 11 is 0. The number of amides is 1. The van der Waals surface area contributed by atoms with E-state index < -0.39 is 14.8 Å². The highest BCUT2D eigenvalue weighted by molar-refractivity contribution is 8.12. The van der Waals surface area contributed by atoms with Gasteiger partial charge in [-0.25, -0.2) is 0 Å². The quantitative estimate of drug-likeness (QED) is 0.673. The molecule has 2 unspecified atom stereocenters. The number of fused-ring (bicyclic) bond motifs is 1. The number of rotatable bonds is 3. The van der Waals surface area contributed by atoms with Gasteiger partial charge < -0.3 is 10.1 Å². The fourth-order valence-electron chi connectivity index (χ4n) is 5.73. The lowest BCUT2D eigenvalue weighted by atomic mass is 9.54. The molecule has 162 valence electrons. The Morgan fingerprint density at radius 3 is 2.61 bits per heavy atom. The van der Waals surface area contributed by atoms with Crippen molar-refractivity contribution in [3.8, 4) is 0 Å². The highest BCUT2D eigenvalue weighted by atomic mass is 35.7. The summed E-state index contributed by atoms with van der Waals surface area (Å²) in [6, 6.07) is 15.1. The van der Waals surface area contributed by atoms with E-state index in [-0.39, 0.29) is 17.2 Å². The number of aryl methyl sites for hydroxylation is 1. The van der Waals surface area contributed by atoms with Crippen molar-refractivity contribution < 1.29 is 17.9 Å². The maximum absolute atomic E-state index is 12.7. The van der Waals surface area contributed by atoms with Crippen molar-refractivity contribution in [2.45, 2.75) is 56.0 Å². The Morgan fingerprint density at radius 2 is 1.84 bits per heavy atom. The SMILES string of the molecule is O=C(Nc1ccc2c(c1)C13CCCCC1(CC2)O/C(=N\S(=O)(=O)Cl)C3)c1ccccc1. The summed E-state index contributed by atoms with van der Waals surface area (Å²) in [4.78, 5) is 12.7. The molecule has 0 bridgehead atoms. The second-order valence-corrected chi connectivity index (χ2v) is 10.8. The summed E-state index contributed by atoms with van der Waals surface area (Å²) in [7, 11) is 1.35. The number of hydrogen-bond acceptors (Lipinski definition) is 4. The van der Waals surface area contributed by atoms with Crippen LogP contribution in [-0.4, -0.2) is 25.8 Å². The van der Waals surface area contributed by atoms with Gasteiger partial charge in [0.1, 0.15) is 5.60 Å². The number of nitrogens with one attached hydrogen (secondary N) is 1. The van der Waals surface area contributed by atoms with Crippen molar-refractivity contribution in [2.24, 2.45) is 4.40 Å². The minimum absolute atomic E-state index is 0.165. The maximum Gasteiger partial charge on any atom is 0.342 e. The molecule has 2 atom stereocenters. The summed E-state index contributed by atoms with van der Waals surface area (Å²) in [6.45, 7) is 0. The minimum atomic E-state index is -4.05. The zero-order chi connectivity index (χ0) is 21.7. The van der Waals surface area contributed by atoms with Crippen molar-refractivity contribution in [3.05, 3.63) is 65.2 Å². The van der Waals surface area contributed by atoms with Crippen molar-refractivity contribution in [1.82, 2.24) is 0 Å². The zero-order valence-electron chi connectivity index (χ0n) is 16.9. The van der Waals surface area contributed by atoms with Gasteiger partial charge in [-0.1, -0.05) is 30.7 Å². The molecule has 0 spiro atoms. The van der Waals surface area contributed by atoms with Gasteiger partial charge in [-0.2, -0.15) is 8.42 Å². The van der Waals surface area contributed by atoms with E-state index in [0.717, 1.165) is 49.8 Å². The molecule has 8 heteroatoms. The number of nitrogens with zero attached hydrogens (tertiary/aromatic N) is 1. The van der Waals surface area contributed by atoms with Crippen molar-refractivity contribution in [3.63, 3.8) is 0 Å². The van der Waals surface area contributed by atoms with Gasteiger partial charge in [-0.15, -0.1) is 4.40 Å². The number of anilines is 1. The highest BCUT2D eigenvalue weighted by Crippen LogP contribution is 2.60. The van der Waals surface area contributed by atoms with E-state index in [0.29, 0.717) is 12.0 Å². The molecule has 2 aromatic carbocycles. The van der Waals surface area contributed by atoms with Gasteiger partial charge in [0.2, 0.25) is 5.90 Å². The second-order valence-electron chi connectivity index (χ2n) is 8.65. The normalized spacial score (nSPS) is 28.2. The molecule has 0 radical (unpaired) electrons. The van der Waals surface area contributed by atoms with Gasteiger partial charge in [-0.3, -0.25) is 4.79 Å². The third kappa shape index (κ3) is 3.53. The molecule has 2 fully saturated rings. The van der Waals surface area contributed by atoms with Gasteiger partial charge >= 0.3 is 9.24 Å². The molecule has 0 aromatic heterocycles. The van der Waals surface area contributed by atoms with E-state index in [2.05, 4.69) is 15.8 Å². The van der Waals surface area contributed by atoms with E-state index in [1.54, 1.807) is 12.1 Å². The van der Waals surface area contributed by atoms with Gasteiger partial charge in [0.15, 0.2) is 0 Å². The van der Waals surface area contributed by atoms with Crippen LogP contribution in [0.2, 0.25) is 0 Å². The van der Waals surface area contributed by atoms with E-state index in [1.165, 1.54) is 5.56 Å². The topological polar surface area (TPSA) is 84.8 Å². The van der Waals surface area contributed by atoms with Gasteiger partial charge in [0.05, 0.1) is 0 Å². The molecule has 6 nitrogen and oxygen atoms in total. The van der Waals surface area contributed by atoms with Crippen molar-refractivity contribution in [1.29, 1.82) is 0 Å². The lowest BCUT2D eigenvalue weighted by Gasteiger charge is -2.51. The van der Waals surface area contributed by atoms with Crippen LogP contribution in [0.15, 0.2) is 52.9 Å². The number of benzene rings is 2. The third-order valence-electron chi connectivity index (χ3n) is 7.00. The standard InChI is InChI=1S/C23H23ClN2O4S/c24-31(28,29)26-20-15-22-11-4-5-12-23(22,30-20)13-10-16-8-9-18(14-19(16)22)25-21(27)17-6-2-1-3-7-17/h1-3,6-9,14H,4-5,10-13,15H2,(H,25,27)/b26-20-. The van der Waals surface area contributed by atoms with Crippen molar-refractivity contribution in [2.75, 3.05) is 5.32 Å². The van der Waals surface area contributed by atoms with E-state index in [9.17, 15) is 13.2 Å². The summed E-state index contributed by atoms with van der Waals surface area (Å²) in [6.07, 6.45) is 5.87. The third-order valence-corrected chi connectivity index (χ3v) is 7.63. The molecule has 5 rings (SSSR count). The van der Waals surface area contributed by atoms with Crippen LogP contribution < -0.4 is 5.32 Å². The van der Waals surface area contributed by atoms with Crippen LogP contribution in [0.5, 0.6) is 0 Å². The monoisotopic (exact) mass is 458 g/mol. The Labute approximate surface area is 186 Å². The van der Waals surface area contributed by atoms with Crippen LogP contribution in [0.1, 0.15) is 60.0 Å². The number of halogens is 1. The fourth-order valence-corrected chi connectivity index (χ4v) is 6.31. The maximum atomic E-state index is 12.7. The smallest absolute Gasteiger partial charge is 0.342 e. The molecule has 1 amide bonds. The van der Waals surface area contributed by atoms with Crippen molar-refractivity contribution >= 4 is 37.4 Å². The van der Waals surface area contributed by atoms with E-state index >= 15 is 0 Å². The molecule has 1 N–H and O–H groups in total. The van der Waals surface area contributed by atoms with E-state index in [1.807, 2.05) is 30.3 Å². The molecule has 31 heavy (non-hydrogen) atoms. The molecule has 1 heterocycles.